The van der Waals surface area contributed by atoms with Crippen LogP contribution in [0.2, 0.25) is 0 Å². The molecule has 0 atom stereocenters. The van der Waals surface area contributed by atoms with Crippen molar-refractivity contribution in [3.63, 3.8) is 0 Å². The number of carbonyl (C=O) groups is 1. The van der Waals surface area contributed by atoms with Crippen LogP contribution >= 0.6 is 0 Å². The van der Waals surface area contributed by atoms with Crippen molar-refractivity contribution in [3.05, 3.63) is 53.0 Å². The Balaban J connectivity index is 1.41. The van der Waals surface area contributed by atoms with Gasteiger partial charge in [-0.2, -0.15) is 10.1 Å². The number of aromatic nitrogens is 4. The SMILES string of the molecule is CCc1noc(-c2nn(C)c3c2CN(C(=O)CCCc2ccccc2)C3)n1. The third-order valence-electron chi connectivity index (χ3n) is 5.00. The van der Waals surface area contributed by atoms with Gasteiger partial charge in [0, 0.05) is 25.5 Å². The maximum Gasteiger partial charge on any atom is 0.278 e. The van der Waals surface area contributed by atoms with E-state index >= 15 is 0 Å². The Hall–Kier alpha value is -2.96. The lowest BCUT2D eigenvalue weighted by Crippen LogP contribution is -2.26. The Bertz CT molecular complexity index is 945. The van der Waals surface area contributed by atoms with E-state index in [0.717, 1.165) is 24.1 Å². The van der Waals surface area contributed by atoms with Gasteiger partial charge in [-0.3, -0.25) is 9.48 Å². The third kappa shape index (κ3) is 3.49. The maximum absolute atomic E-state index is 12.7. The van der Waals surface area contributed by atoms with E-state index < -0.39 is 0 Å². The van der Waals surface area contributed by atoms with Crippen LogP contribution in [0.15, 0.2) is 34.9 Å². The highest BCUT2D eigenvalue weighted by atomic mass is 16.5. The minimum atomic E-state index is 0.174. The molecule has 27 heavy (non-hydrogen) atoms. The molecular weight excluding hydrogens is 342 g/mol. The second-order valence-electron chi connectivity index (χ2n) is 6.86. The van der Waals surface area contributed by atoms with Crippen LogP contribution in [0.5, 0.6) is 0 Å². The van der Waals surface area contributed by atoms with Gasteiger partial charge in [-0.1, -0.05) is 42.4 Å². The molecule has 1 aromatic carbocycles. The van der Waals surface area contributed by atoms with E-state index in [-0.39, 0.29) is 5.91 Å². The smallest absolute Gasteiger partial charge is 0.278 e. The van der Waals surface area contributed by atoms with E-state index in [9.17, 15) is 4.79 Å². The zero-order valence-electron chi connectivity index (χ0n) is 15.7. The summed E-state index contributed by atoms with van der Waals surface area (Å²) in [6.07, 6.45) is 3.03. The molecule has 2 aromatic heterocycles. The summed E-state index contributed by atoms with van der Waals surface area (Å²) in [5.41, 5.74) is 4.02. The first-order valence-electron chi connectivity index (χ1n) is 9.35. The molecular formula is C20H23N5O2. The molecule has 7 heteroatoms. The molecule has 0 saturated heterocycles. The summed E-state index contributed by atoms with van der Waals surface area (Å²) < 4.78 is 7.17. The molecule has 0 spiro atoms. The topological polar surface area (TPSA) is 77.0 Å². The van der Waals surface area contributed by atoms with Crippen molar-refractivity contribution >= 4 is 5.91 Å². The second-order valence-corrected chi connectivity index (χ2v) is 6.86. The molecule has 0 bridgehead atoms. The lowest BCUT2D eigenvalue weighted by atomic mass is 10.1. The van der Waals surface area contributed by atoms with Gasteiger partial charge in [0.2, 0.25) is 5.91 Å². The molecule has 0 saturated carbocycles. The summed E-state index contributed by atoms with van der Waals surface area (Å²) in [4.78, 5) is 18.9. The number of carbonyl (C=O) groups excluding carboxylic acids is 1. The Morgan fingerprint density at radius 3 is 2.78 bits per heavy atom. The van der Waals surface area contributed by atoms with Gasteiger partial charge in [0.05, 0.1) is 18.8 Å². The molecule has 0 radical (unpaired) electrons. The highest BCUT2D eigenvalue weighted by Crippen LogP contribution is 2.31. The maximum atomic E-state index is 12.7. The molecule has 140 valence electrons. The van der Waals surface area contributed by atoms with Crippen LogP contribution in [0.1, 0.15) is 42.4 Å². The van der Waals surface area contributed by atoms with Crippen molar-refractivity contribution in [1.82, 2.24) is 24.8 Å². The Labute approximate surface area is 158 Å². The molecule has 3 aromatic rings. The highest BCUT2D eigenvalue weighted by Gasteiger charge is 2.31. The largest absolute Gasteiger partial charge is 0.332 e. The third-order valence-corrected chi connectivity index (χ3v) is 5.00. The summed E-state index contributed by atoms with van der Waals surface area (Å²) in [5, 5.41) is 8.48. The minimum absolute atomic E-state index is 0.174. The number of aryl methyl sites for hydroxylation is 3. The molecule has 1 aliphatic heterocycles. The minimum Gasteiger partial charge on any atom is -0.332 e. The molecule has 1 amide bonds. The standard InChI is InChI=1S/C20H23N5O2/c1-3-17-21-20(27-23-17)19-15-12-25(13-16(15)24(2)22-19)18(26)11-7-10-14-8-5-4-6-9-14/h4-6,8-9H,3,7,10-13H2,1-2H3. The molecule has 0 aliphatic carbocycles. The van der Waals surface area contributed by atoms with E-state index in [4.69, 9.17) is 4.52 Å². The molecule has 4 rings (SSSR count). The summed E-state index contributed by atoms with van der Waals surface area (Å²) >= 11 is 0. The Kier molecular flexibility index (Phi) is 4.75. The average molecular weight is 365 g/mol. The fourth-order valence-electron chi connectivity index (χ4n) is 3.48. The lowest BCUT2D eigenvalue weighted by molar-refractivity contribution is -0.131. The molecule has 0 fully saturated rings. The molecule has 0 unspecified atom stereocenters. The van der Waals surface area contributed by atoms with Crippen LogP contribution in [0.4, 0.5) is 0 Å². The number of hydrogen-bond donors (Lipinski definition) is 0. The van der Waals surface area contributed by atoms with Crippen molar-refractivity contribution in [3.8, 4) is 11.6 Å². The fraction of sp³-hybridized carbons (Fsp3) is 0.400. The monoisotopic (exact) mass is 365 g/mol. The van der Waals surface area contributed by atoms with Gasteiger partial charge < -0.3 is 9.42 Å². The van der Waals surface area contributed by atoms with Crippen molar-refractivity contribution in [2.24, 2.45) is 7.05 Å². The fourth-order valence-corrected chi connectivity index (χ4v) is 3.48. The lowest BCUT2D eigenvalue weighted by Gasteiger charge is -2.16. The molecule has 7 nitrogen and oxygen atoms in total. The summed E-state index contributed by atoms with van der Waals surface area (Å²) in [6.45, 7) is 3.11. The number of amides is 1. The Morgan fingerprint density at radius 1 is 1.22 bits per heavy atom. The number of benzene rings is 1. The summed E-state index contributed by atoms with van der Waals surface area (Å²) in [5.74, 6) is 1.27. The van der Waals surface area contributed by atoms with Crippen LogP contribution in [-0.4, -0.2) is 30.7 Å². The van der Waals surface area contributed by atoms with Crippen molar-refractivity contribution in [1.29, 1.82) is 0 Å². The predicted molar refractivity (Wildman–Crippen MR) is 99.5 cm³/mol. The first-order chi connectivity index (χ1) is 13.2. The van der Waals surface area contributed by atoms with Crippen molar-refractivity contribution in [2.75, 3.05) is 0 Å². The molecule has 0 N–H and O–H groups in total. The van der Waals surface area contributed by atoms with Gasteiger partial charge in [-0.15, -0.1) is 0 Å². The summed E-state index contributed by atoms with van der Waals surface area (Å²) in [7, 11) is 1.89. The number of hydrogen-bond acceptors (Lipinski definition) is 5. The van der Waals surface area contributed by atoms with Crippen LogP contribution in [0, 0.1) is 0 Å². The normalized spacial score (nSPS) is 13.2. The summed E-state index contributed by atoms with van der Waals surface area (Å²) in [6, 6.07) is 10.3. The highest BCUT2D eigenvalue weighted by molar-refractivity contribution is 5.77. The zero-order chi connectivity index (χ0) is 18.8. The van der Waals surface area contributed by atoms with Crippen LogP contribution in [0.3, 0.4) is 0 Å². The first kappa shape index (κ1) is 17.5. The van der Waals surface area contributed by atoms with Gasteiger partial charge in [0.15, 0.2) is 11.5 Å². The van der Waals surface area contributed by atoms with E-state index in [1.165, 1.54) is 5.56 Å². The van der Waals surface area contributed by atoms with Gasteiger partial charge in [-0.05, 0) is 18.4 Å². The van der Waals surface area contributed by atoms with E-state index in [1.807, 2.05) is 41.8 Å². The van der Waals surface area contributed by atoms with Gasteiger partial charge in [0.1, 0.15) is 0 Å². The van der Waals surface area contributed by atoms with E-state index in [1.54, 1.807) is 0 Å². The molecule has 1 aliphatic rings. The number of nitrogens with zero attached hydrogens (tertiary/aromatic N) is 5. The zero-order valence-corrected chi connectivity index (χ0v) is 15.7. The van der Waals surface area contributed by atoms with E-state index in [2.05, 4.69) is 27.4 Å². The first-order valence-corrected chi connectivity index (χ1v) is 9.35. The van der Waals surface area contributed by atoms with Crippen LogP contribution < -0.4 is 0 Å². The van der Waals surface area contributed by atoms with Crippen LogP contribution in [0.25, 0.3) is 11.6 Å². The molecule has 3 heterocycles. The quantitative estimate of drug-likeness (QED) is 0.671. The van der Waals surface area contributed by atoms with Crippen LogP contribution in [-0.2, 0) is 37.8 Å². The Morgan fingerprint density at radius 2 is 2.04 bits per heavy atom. The average Bonchev–Trinajstić information content (AvgIpc) is 3.39. The van der Waals surface area contributed by atoms with E-state index in [0.29, 0.717) is 43.3 Å². The van der Waals surface area contributed by atoms with Crippen molar-refractivity contribution in [2.45, 2.75) is 45.7 Å². The van der Waals surface area contributed by atoms with Gasteiger partial charge in [0.25, 0.3) is 5.89 Å². The number of fused-ring (bicyclic) bond motifs is 1. The van der Waals surface area contributed by atoms with Gasteiger partial charge >= 0.3 is 0 Å². The van der Waals surface area contributed by atoms with Crippen molar-refractivity contribution < 1.29 is 9.32 Å². The second kappa shape index (κ2) is 7.34. The van der Waals surface area contributed by atoms with Gasteiger partial charge in [-0.25, -0.2) is 0 Å². The number of rotatable bonds is 6. The predicted octanol–water partition coefficient (Wildman–Crippen LogP) is 2.90.